The highest BCUT2D eigenvalue weighted by molar-refractivity contribution is 7.13. The van der Waals surface area contributed by atoms with Crippen LogP contribution in [0.5, 0.6) is 0 Å². The van der Waals surface area contributed by atoms with Crippen molar-refractivity contribution < 1.29 is 9.90 Å². The molecular weight excluding hydrogens is 332 g/mol. The van der Waals surface area contributed by atoms with Gasteiger partial charge in [0, 0.05) is 28.6 Å². The van der Waals surface area contributed by atoms with Crippen LogP contribution in [0.1, 0.15) is 36.7 Å². The largest absolute Gasteiger partial charge is 0.393 e. The fraction of sp³-hybridized carbons (Fsp3) is 0.412. The zero-order valence-electron chi connectivity index (χ0n) is 12.9. The fourth-order valence-electron chi connectivity index (χ4n) is 2.99. The molecule has 1 aromatic carbocycles. The van der Waals surface area contributed by atoms with Crippen LogP contribution in [0, 0.1) is 0 Å². The van der Waals surface area contributed by atoms with Crippen LogP contribution in [0.25, 0.3) is 10.6 Å². The average Bonchev–Trinajstić information content (AvgIpc) is 3.16. The van der Waals surface area contributed by atoms with Crippen molar-refractivity contribution in [2.45, 2.75) is 38.3 Å². The molecule has 0 spiro atoms. The van der Waals surface area contributed by atoms with E-state index in [-0.39, 0.29) is 11.9 Å². The van der Waals surface area contributed by atoms with E-state index < -0.39 is 6.10 Å². The lowest BCUT2D eigenvalue weighted by molar-refractivity contribution is 0.0677. The first-order chi connectivity index (χ1) is 11.0. The molecule has 0 bridgehead atoms. The van der Waals surface area contributed by atoms with Gasteiger partial charge >= 0.3 is 0 Å². The fourth-order valence-corrected chi connectivity index (χ4v) is 3.91. The second-order valence-electron chi connectivity index (χ2n) is 5.92. The van der Waals surface area contributed by atoms with Crippen LogP contribution in [0.15, 0.2) is 29.6 Å². The van der Waals surface area contributed by atoms with Crippen LogP contribution >= 0.6 is 22.9 Å². The lowest BCUT2D eigenvalue weighted by Crippen LogP contribution is -2.37. The van der Waals surface area contributed by atoms with Gasteiger partial charge in [0.1, 0.15) is 10.7 Å². The predicted molar refractivity (Wildman–Crippen MR) is 92.9 cm³/mol. The van der Waals surface area contributed by atoms with Gasteiger partial charge in [0.05, 0.1) is 6.10 Å². The Kier molecular flexibility index (Phi) is 4.99. The molecule has 1 aliphatic rings. The molecule has 2 atom stereocenters. The van der Waals surface area contributed by atoms with E-state index in [1.807, 2.05) is 34.5 Å². The summed E-state index contributed by atoms with van der Waals surface area (Å²) in [5, 5.41) is 12.9. The van der Waals surface area contributed by atoms with Gasteiger partial charge in [0.2, 0.25) is 0 Å². The highest BCUT2D eigenvalue weighted by atomic mass is 35.5. The molecular formula is C17H19ClN2O2S. The zero-order valence-corrected chi connectivity index (χ0v) is 14.5. The number of likely N-dealkylation sites (tertiary alicyclic amines) is 1. The third kappa shape index (κ3) is 3.74. The van der Waals surface area contributed by atoms with E-state index in [9.17, 15) is 9.90 Å². The van der Waals surface area contributed by atoms with Crippen molar-refractivity contribution in [2.24, 2.45) is 0 Å². The number of halogens is 1. The van der Waals surface area contributed by atoms with Crippen LogP contribution in [0.2, 0.25) is 5.02 Å². The molecule has 23 heavy (non-hydrogen) atoms. The second-order valence-corrected chi connectivity index (χ2v) is 7.22. The quantitative estimate of drug-likeness (QED) is 0.911. The minimum Gasteiger partial charge on any atom is -0.393 e. The molecule has 1 amide bonds. The Morgan fingerprint density at radius 1 is 1.48 bits per heavy atom. The number of hydrogen-bond acceptors (Lipinski definition) is 4. The van der Waals surface area contributed by atoms with Gasteiger partial charge in [-0.25, -0.2) is 4.98 Å². The maximum absolute atomic E-state index is 12.7. The zero-order chi connectivity index (χ0) is 16.4. The minimum absolute atomic E-state index is 0.0374. The molecule has 1 N–H and O–H groups in total. The molecule has 2 unspecified atom stereocenters. The van der Waals surface area contributed by atoms with Crippen molar-refractivity contribution in [3.63, 3.8) is 0 Å². The van der Waals surface area contributed by atoms with E-state index in [2.05, 4.69) is 4.98 Å². The number of hydrogen-bond donors (Lipinski definition) is 1. The van der Waals surface area contributed by atoms with Crippen molar-refractivity contribution >= 4 is 28.8 Å². The summed E-state index contributed by atoms with van der Waals surface area (Å²) >= 11 is 7.36. The Bertz CT molecular complexity index is 684. The highest BCUT2D eigenvalue weighted by Crippen LogP contribution is 2.28. The number of thiazole rings is 1. The Hall–Kier alpha value is -1.43. The number of amides is 1. The molecule has 0 radical (unpaired) electrons. The number of aliphatic hydroxyl groups is 1. The van der Waals surface area contributed by atoms with E-state index in [1.165, 1.54) is 11.3 Å². The summed E-state index contributed by atoms with van der Waals surface area (Å²) < 4.78 is 0. The van der Waals surface area contributed by atoms with Crippen molar-refractivity contribution in [2.75, 3.05) is 6.54 Å². The molecule has 3 rings (SSSR count). The molecule has 0 saturated carbocycles. The summed E-state index contributed by atoms with van der Waals surface area (Å²) in [5.74, 6) is -0.0374. The Labute approximate surface area is 144 Å². The van der Waals surface area contributed by atoms with Gasteiger partial charge < -0.3 is 10.0 Å². The van der Waals surface area contributed by atoms with Crippen molar-refractivity contribution in [3.05, 3.63) is 40.4 Å². The van der Waals surface area contributed by atoms with Gasteiger partial charge in [-0.2, -0.15) is 0 Å². The molecule has 1 saturated heterocycles. The predicted octanol–water partition coefficient (Wildman–Crippen LogP) is 3.84. The smallest absolute Gasteiger partial charge is 0.273 e. The summed E-state index contributed by atoms with van der Waals surface area (Å²) in [6.07, 6.45) is 2.16. The van der Waals surface area contributed by atoms with E-state index >= 15 is 0 Å². The number of aromatic nitrogens is 1. The number of rotatable bonds is 4. The normalized spacial score (nSPS) is 19.1. The van der Waals surface area contributed by atoms with Gasteiger partial charge in [-0.15, -0.1) is 11.3 Å². The van der Waals surface area contributed by atoms with Gasteiger partial charge in [0.15, 0.2) is 0 Å². The molecule has 122 valence electrons. The van der Waals surface area contributed by atoms with Gasteiger partial charge in [-0.1, -0.05) is 23.7 Å². The Morgan fingerprint density at radius 3 is 2.91 bits per heavy atom. The number of benzene rings is 1. The molecule has 1 aliphatic heterocycles. The first-order valence-electron chi connectivity index (χ1n) is 7.75. The third-order valence-electron chi connectivity index (χ3n) is 4.07. The van der Waals surface area contributed by atoms with E-state index in [1.54, 1.807) is 6.92 Å². The SMILES string of the molecule is CC(O)CC1CCCN1C(=O)c1csc(-c2ccc(Cl)cc2)n1. The summed E-state index contributed by atoms with van der Waals surface area (Å²) in [6.45, 7) is 2.51. The summed E-state index contributed by atoms with van der Waals surface area (Å²) in [6, 6.07) is 7.56. The molecule has 2 aromatic rings. The summed E-state index contributed by atoms with van der Waals surface area (Å²) in [5.41, 5.74) is 1.44. The highest BCUT2D eigenvalue weighted by Gasteiger charge is 2.31. The minimum atomic E-state index is -0.395. The van der Waals surface area contributed by atoms with E-state index in [0.717, 1.165) is 30.0 Å². The van der Waals surface area contributed by atoms with Crippen LogP contribution in [0.3, 0.4) is 0 Å². The molecule has 4 nitrogen and oxygen atoms in total. The maximum atomic E-state index is 12.7. The van der Waals surface area contributed by atoms with Crippen molar-refractivity contribution in [1.29, 1.82) is 0 Å². The van der Waals surface area contributed by atoms with Crippen molar-refractivity contribution in [3.8, 4) is 10.6 Å². The molecule has 1 fully saturated rings. The van der Waals surface area contributed by atoms with Gasteiger partial charge in [-0.05, 0) is 38.3 Å². The van der Waals surface area contributed by atoms with Crippen LogP contribution in [0.4, 0.5) is 0 Å². The van der Waals surface area contributed by atoms with Crippen LogP contribution < -0.4 is 0 Å². The maximum Gasteiger partial charge on any atom is 0.273 e. The van der Waals surface area contributed by atoms with Crippen LogP contribution in [-0.2, 0) is 0 Å². The standard InChI is InChI=1S/C17H19ClN2O2S/c1-11(21)9-14-3-2-8-20(14)17(22)15-10-23-16(19-15)12-4-6-13(18)7-5-12/h4-7,10-11,14,21H,2-3,8-9H2,1H3. The lowest BCUT2D eigenvalue weighted by atomic mass is 10.1. The number of aliphatic hydroxyl groups excluding tert-OH is 1. The Balaban J connectivity index is 1.77. The lowest BCUT2D eigenvalue weighted by Gasteiger charge is -2.24. The van der Waals surface area contributed by atoms with Gasteiger partial charge in [-0.3, -0.25) is 4.79 Å². The molecule has 2 heterocycles. The first-order valence-corrected chi connectivity index (χ1v) is 9.01. The molecule has 1 aromatic heterocycles. The van der Waals surface area contributed by atoms with Crippen molar-refractivity contribution in [1.82, 2.24) is 9.88 Å². The number of carbonyl (C=O) groups is 1. The average molecular weight is 351 g/mol. The summed E-state index contributed by atoms with van der Waals surface area (Å²) in [4.78, 5) is 19.0. The van der Waals surface area contributed by atoms with Crippen LogP contribution in [-0.4, -0.2) is 39.6 Å². The van der Waals surface area contributed by atoms with E-state index in [4.69, 9.17) is 11.6 Å². The number of nitrogens with zero attached hydrogens (tertiary/aromatic N) is 2. The topological polar surface area (TPSA) is 53.4 Å². The molecule has 6 heteroatoms. The third-order valence-corrected chi connectivity index (χ3v) is 5.21. The van der Waals surface area contributed by atoms with E-state index in [0.29, 0.717) is 17.1 Å². The number of carbonyl (C=O) groups excluding carboxylic acids is 1. The first kappa shape index (κ1) is 16.4. The second kappa shape index (κ2) is 6.99. The Morgan fingerprint density at radius 2 is 2.22 bits per heavy atom. The summed E-state index contributed by atoms with van der Waals surface area (Å²) in [7, 11) is 0. The van der Waals surface area contributed by atoms with Gasteiger partial charge in [0.25, 0.3) is 5.91 Å². The molecule has 0 aliphatic carbocycles. The monoisotopic (exact) mass is 350 g/mol.